The molecule has 11 aromatic rings. The van der Waals surface area contributed by atoms with E-state index in [1.54, 1.807) is 0 Å². The number of hydrogen-bond donors (Lipinski definition) is 1. The minimum absolute atomic E-state index is 0.115. The molecule has 2 heterocycles. The summed E-state index contributed by atoms with van der Waals surface area (Å²) in [6.45, 7) is 2.21. The number of rotatable bonds is 9. The Morgan fingerprint density at radius 1 is 0.413 bits per heavy atom. The molecule has 1 atom stereocenters. The van der Waals surface area contributed by atoms with Gasteiger partial charge in [0.25, 0.3) is 0 Å². The van der Waals surface area contributed by atoms with E-state index in [-0.39, 0.29) is 5.92 Å². The van der Waals surface area contributed by atoms with Crippen LogP contribution in [0.15, 0.2) is 236 Å². The van der Waals surface area contributed by atoms with Gasteiger partial charge in [-0.05, 0) is 94.0 Å². The van der Waals surface area contributed by atoms with Crippen molar-refractivity contribution in [3.63, 3.8) is 0 Å². The molecule has 63 heavy (non-hydrogen) atoms. The Hall–Kier alpha value is -8.21. The van der Waals surface area contributed by atoms with Crippen molar-refractivity contribution >= 4 is 55.1 Å². The smallest absolute Gasteiger partial charge is 0.131 e. The zero-order chi connectivity index (χ0) is 42.3. The van der Waals surface area contributed by atoms with Crippen molar-refractivity contribution < 1.29 is 0 Å². The Labute approximate surface area is 367 Å². The van der Waals surface area contributed by atoms with Crippen LogP contribution in [0, 0.1) is 0 Å². The number of nitrogens with two attached hydrogens (primary N) is 1. The lowest BCUT2D eigenvalue weighted by Crippen LogP contribution is -2.13. The van der Waals surface area contributed by atoms with Crippen molar-refractivity contribution in [3.05, 3.63) is 247 Å². The molecule has 0 aliphatic rings. The zero-order valence-corrected chi connectivity index (χ0v) is 34.9. The van der Waals surface area contributed by atoms with E-state index in [1.807, 2.05) is 48.5 Å². The highest BCUT2D eigenvalue weighted by Crippen LogP contribution is 2.39. The predicted octanol–water partition coefficient (Wildman–Crippen LogP) is 14.8. The number of nitrogens with zero attached hydrogens (tertiary/aromatic N) is 3. The first kappa shape index (κ1) is 37.8. The fraction of sp³-hybridized carbons (Fsp3) is 0.0339. The molecule has 4 nitrogen and oxygen atoms in total. The quantitative estimate of drug-likeness (QED) is 0.115. The second kappa shape index (κ2) is 16.0. The van der Waals surface area contributed by atoms with Gasteiger partial charge in [0.2, 0.25) is 0 Å². The van der Waals surface area contributed by atoms with Crippen LogP contribution >= 0.6 is 0 Å². The van der Waals surface area contributed by atoms with E-state index in [9.17, 15) is 0 Å². The first-order valence-corrected chi connectivity index (χ1v) is 21.6. The number of allylic oxidation sites excluding steroid dienone is 1. The third kappa shape index (κ3) is 6.98. The summed E-state index contributed by atoms with van der Waals surface area (Å²) in [4.78, 5) is 4.91. The van der Waals surface area contributed by atoms with Gasteiger partial charge in [-0.3, -0.25) is 0 Å². The third-order valence-electron chi connectivity index (χ3n) is 12.4. The van der Waals surface area contributed by atoms with Crippen LogP contribution in [0.4, 0.5) is 0 Å². The normalized spacial score (nSPS) is 12.7. The van der Waals surface area contributed by atoms with E-state index < -0.39 is 0 Å². The number of aliphatic imine (C=N–C) groups is 1. The first-order valence-electron chi connectivity index (χ1n) is 21.6. The van der Waals surface area contributed by atoms with Crippen LogP contribution in [-0.2, 0) is 0 Å². The lowest BCUT2D eigenvalue weighted by Gasteiger charge is -2.13. The molecule has 0 amide bonds. The average Bonchev–Trinajstić information content (AvgIpc) is 3.87. The minimum atomic E-state index is 0.115. The summed E-state index contributed by atoms with van der Waals surface area (Å²) in [5.74, 6) is 0.615. The zero-order valence-electron chi connectivity index (χ0n) is 34.9. The summed E-state index contributed by atoms with van der Waals surface area (Å²) < 4.78 is 4.76. The highest BCUT2D eigenvalue weighted by Gasteiger charge is 2.17. The van der Waals surface area contributed by atoms with E-state index in [4.69, 9.17) is 10.7 Å². The van der Waals surface area contributed by atoms with Crippen LogP contribution < -0.4 is 5.73 Å². The predicted molar refractivity (Wildman–Crippen MR) is 266 cm³/mol. The molecule has 4 heteroatoms. The molecule has 9 aromatic carbocycles. The van der Waals surface area contributed by atoms with Crippen molar-refractivity contribution in [2.45, 2.75) is 12.8 Å². The van der Waals surface area contributed by atoms with Crippen molar-refractivity contribution in [2.24, 2.45) is 10.7 Å². The molecule has 2 N–H and O–H groups in total. The van der Waals surface area contributed by atoms with E-state index >= 15 is 0 Å². The maximum absolute atomic E-state index is 6.51. The number of amidine groups is 1. The Morgan fingerprint density at radius 2 is 0.825 bits per heavy atom. The van der Waals surface area contributed by atoms with Gasteiger partial charge in [0.1, 0.15) is 5.84 Å². The van der Waals surface area contributed by atoms with Gasteiger partial charge >= 0.3 is 0 Å². The molecule has 2 aromatic heterocycles. The SMILES string of the molecule is C[C@@H](/C=C(\N=C(N)c1ccccc1)c1ccccc1)c1ccc(-c2ccc(-n3c4ccccc4c4cc(-c5ccc6c(c5)c5ccccc5n6-c5ccccc5)ccc43)cc2)cc1. The second-order valence-electron chi connectivity index (χ2n) is 16.2. The Bertz CT molecular complexity index is 3490. The van der Waals surface area contributed by atoms with Gasteiger partial charge in [0.05, 0.1) is 27.8 Å². The van der Waals surface area contributed by atoms with Gasteiger partial charge in [-0.1, -0.05) is 177 Å². The maximum Gasteiger partial charge on any atom is 0.131 e. The Balaban J connectivity index is 0.898. The monoisotopic (exact) mass is 808 g/mol. The molecule has 0 fully saturated rings. The lowest BCUT2D eigenvalue weighted by molar-refractivity contribution is 0.967. The number of aromatic nitrogens is 2. The van der Waals surface area contributed by atoms with E-state index in [2.05, 4.69) is 198 Å². The van der Waals surface area contributed by atoms with Gasteiger partial charge in [0.15, 0.2) is 0 Å². The van der Waals surface area contributed by atoms with Gasteiger partial charge in [-0.25, -0.2) is 4.99 Å². The van der Waals surface area contributed by atoms with Crippen molar-refractivity contribution in [1.82, 2.24) is 9.13 Å². The summed E-state index contributed by atoms with van der Waals surface area (Å²) in [6, 6.07) is 80.0. The van der Waals surface area contributed by atoms with Crippen molar-refractivity contribution in [1.29, 1.82) is 0 Å². The molecule has 0 spiro atoms. The van der Waals surface area contributed by atoms with Crippen LogP contribution in [0.5, 0.6) is 0 Å². The molecule has 0 saturated heterocycles. The topological polar surface area (TPSA) is 48.2 Å². The molecule has 0 unspecified atom stereocenters. The average molecular weight is 809 g/mol. The summed E-state index contributed by atoms with van der Waals surface area (Å²) in [6.07, 6.45) is 2.20. The van der Waals surface area contributed by atoms with Gasteiger partial charge in [-0.2, -0.15) is 0 Å². The minimum Gasteiger partial charge on any atom is -0.383 e. The highest BCUT2D eigenvalue weighted by atomic mass is 15.0. The van der Waals surface area contributed by atoms with Crippen molar-refractivity contribution in [2.75, 3.05) is 0 Å². The Morgan fingerprint density at radius 3 is 1.37 bits per heavy atom. The molecule has 0 saturated carbocycles. The maximum atomic E-state index is 6.51. The fourth-order valence-corrected chi connectivity index (χ4v) is 9.16. The second-order valence-corrected chi connectivity index (χ2v) is 16.2. The summed E-state index contributed by atoms with van der Waals surface area (Å²) >= 11 is 0. The van der Waals surface area contributed by atoms with E-state index in [1.165, 1.54) is 77.1 Å². The number of hydrogen-bond acceptors (Lipinski definition) is 1. The van der Waals surface area contributed by atoms with Crippen LogP contribution in [0.3, 0.4) is 0 Å². The van der Waals surface area contributed by atoms with Crippen LogP contribution in [0.2, 0.25) is 0 Å². The molecule has 0 aliphatic heterocycles. The first-order chi connectivity index (χ1) is 31.1. The van der Waals surface area contributed by atoms with Crippen LogP contribution in [0.1, 0.15) is 29.5 Å². The van der Waals surface area contributed by atoms with Gasteiger partial charge in [-0.15, -0.1) is 0 Å². The third-order valence-corrected chi connectivity index (χ3v) is 12.4. The largest absolute Gasteiger partial charge is 0.383 e. The van der Waals surface area contributed by atoms with Crippen LogP contribution in [-0.4, -0.2) is 15.0 Å². The lowest BCUT2D eigenvalue weighted by atomic mass is 9.95. The highest BCUT2D eigenvalue weighted by molar-refractivity contribution is 6.12. The fourth-order valence-electron chi connectivity index (χ4n) is 9.16. The molecule has 300 valence electrons. The Kier molecular flexibility index (Phi) is 9.59. The van der Waals surface area contributed by atoms with Crippen LogP contribution in [0.25, 0.3) is 82.9 Å². The number of para-hydroxylation sites is 3. The van der Waals surface area contributed by atoms with E-state index in [0.29, 0.717) is 5.84 Å². The van der Waals surface area contributed by atoms with Gasteiger partial charge < -0.3 is 14.9 Å². The molecular weight excluding hydrogens is 765 g/mol. The van der Waals surface area contributed by atoms with E-state index in [0.717, 1.165) is 22.5 Å². The van der Waals surface area contributed by atoms with Gasteiger partial charge in [0, 0.05) is 44.4 Å². The summed E-state index contributed by atoms with van der Waals surface area (Å²) in [5.41, 5.74) is 22.4. The molecule has 0 radical (unpaired) electrons. The van der Waals surface area contributed by atoms with Crippen molar-refractivity contribution in [3.8, 4) is 33.6 Å². The number of benzene rings is 9. The molecule has 0 aliphatic carbocycles. The molecular formula is C59H44N4. The molecule has 0 bridgehead atoms. The number of fused-ring (bicyclic) bond motifs is 6. The summed E-state index contributed by atoms with van der Waals surface area (Å²) in [5, 5.41) is 4.98. The summed E-state index contributed by atoms with van der Waals surface area (Å²) in [7, 11) is 0. The standard InChI is InChI=1S/C59H44N4/c1-40(37-54(44-15-5-2-6-16-44)61-59(60)45-17-7-3-8-18-45)41-25-27-42(28-26-41)43-29-33-49(34-30-43)63-56-24-14-12-22-51(56)53-39-47(32-36-58(53)63)46-31-35-57-52(38-46)50-21-11-13-23-55(50)62(57)48-19-9-4-10-20-48/h2-40H,1H3,(H2,60,61)/b54-37-/t40-/m0/s1. The molecule has 11 rings (SSSR count).